The largest absolute Gasteiger partial charge is 0.274 e. The molecule has 6 heteroatoms. The van der Waals surface area contributed by atoms with Gasteiger partial charge in [0.25, 0.3) is 0 Å². The van der Waals surface area contributed by atoms with Gasteiger partial charge in [-0.3, -0.25) is 4.68 Å². The van der Waals surface area contributed by atoms with Gasteiger partial charge in [0, 0.05) is 18.8 Å². The van der Waals surface area contributed by atoms with E-state index in [4.69, 9.17) is 0 Å². The van der Waals surface area contributed by atoms with Gasteiger partial charge in [-0.15, -0.1) is 0 Å². The number of halogens is 1. The molecule has 1 heterocycles. The third kappa shape index (κ3) is 5.72. The second-order valence-corrected chi connectivity index (χ2v) is 13.2. The third-order valence-corrected chi connectivity index (χ3v) is 9.54. The third-order valence-electron chi connectivity index (χ3n) is 6.18. The van der Waals surface area contributed by atoms with Crippen LogP contribution in [-0.2, 0) is 23.3 Å². The van der Waals surface area contributed by atoms with Gasteiger partial charge in [-0.1, -0.05) is 31.0 Å². The van der Waals surface area contributed by atoms with Crippen molar-refractivity contribution in [1.29, 1.82) is 0 Å². The van der Waals surface area contributed by atoms with Crippen molar-refractivity contribution in [3.8, 4) is 11.3 Å². The summed E-state index contributed by atoms with van der Waals surface area (Å²) in [5.74, 6) is 1.39. The first-order valence-electron chi connectivity index (χ1n) is 10.6. The number of sulfone groups is 1. The number of hydrogen-bond acceptors (Lipinski definition) is 3. The molecule has 29 heavy (non-hydrogen) atoms. The zero-order valence-electron chi connectivity index (χ0n) is 18.0. The lowest BCUT2D eigenvalue weighted by Crippen LogP contribution is -2.34. The molecule has 0 atom stereocenters. The minimum absolute atomic E-state index is 0.334. The highest BCUT2D eigenvalue weighted by Gasteiger charge is 2.33. The predicted octanol–water partition coefficient (Wildman–Crippen LogP) is 5.80. The Morgan fingerprint density at radius 3 is 2.38 bits per heavy atom. The Bertz CT molecular complexity index is 936. The number of hydrogen-bond donors (Lipinski definition) is 0. The molecule has 0 saturated heterocycles. The van der Waals surface area contributed by atoms with Gasteiger partial charge in [-0.25, -0.2) is 8.42 Å². The molecule has 0 spiro atoms. The second kappa shape index (κ2) is 8.93. The Morgan fingerprint density at radius 1 is 1.14 bits per heavy atom. The summed E-state index contributed by atoms with van der Waals surface area (Å²) in [4.78, 5) is 0. The van der Waals surface area contributed by atoms with Crippen LogP contribution in [0.15, 0.2) is 34.9 Å². The molecular weight excluding hydrogens is 448 g/mol. The van der Waals surface area contributed by atoms with E-state index in [1.807, 2.05) is 38.7 Å². The Balaban J connectivity index is 1.52. The average molecular weight is 482 g/mol. The molecule has 0 unspecified atom stereocenters. The van der Waals surface area contributed by atoms with E-state index in [1.165, 1.54) is 12.0 Å². The van der Waals surface area contributed by atoms with Crippen LogP contribution in [0.1, 0.15) is 58.4 Å². The molecule has 4 nitrogen and oxygen atoms in total. The zero-order valence-corrected chi connectivity index (χ0v) is 20.4. The maximum absolute atomic E-state index is 12.5. The molecule has 1 saturated carbocycles. The van der Waals surface area contributed by atoms with Crippen LogP contribution in [0.3, 0.4) is 0 Å². The van der Waals surface area contributed by atoms with Gasteiger partial charge >= 0.3 is 0 Å². The molecule has 1 aromatic heterocycles. The summed E-state index contributed by atoms with van der Waals surface area (Å²) in [6.07, 6.45) is 8.59. The molecule has 1 aromatic carbocycles. The Morgan fingerprint density at radius 2 is 1.79 bits per heavy atom. The topological polar surface area (TPSA) is 52.0 Å². The second-order valence-electron chi connectivity index (χ2n) is 9.52. The first-order chi connectivity index (χ1) is 13.5. The van der Waals surface area contributed by atoms with E-state index < -0.39 is 14.6 Å². The highest BCUT2D eigenvalue weighted by atomic mass is 79.9. The van der Waals surface area contributed by atoms with Crippen molar-refractivity contribution in [2.24, 2.45) is 18.9 Å². The molecule has 0 bridgehead atoms. The molecule has 0 radical (unpaired) electrons. The van der Waals surface area contributed by atoms with Gasteiger partial charge in [0.2, 0.25) is 0 Å². The summed E-state index contributed by atoms with van der Waals surface area (Å²) in [6.45, 7) is 5.43. The van der Waals surface area contributed by atoms with E-state index in [1.54, 1.807) is 0 Å². The van der Waals surface area contributed by atoms with Crippen molar-refractivity contribution in [2.75, 3.05) is 5.75 Å². The van der Waals surface area contributed by atoms with Crippen LogP contribution in [-0.4, -0.2) is 28.7 Å². The molecule has 1 fully saturated rings. The molecule has 2 aromatic rings. The van der Waals surface area contributed by atoms with Crippen molar-refractivity contribution in [1.82, 2.24) is 9.78 Å². The van der Waals surface area contributed by atoms with Crippen molar-refractivity contribution < 1.29 is 8.42 Å². The molecule has 160 valence electrons. The molecule has 0 aliphatic heterocycles. The minimum atomic E-state index is -3.01. The molecule has 0 N–H and O–H groups in total. The Kier molecular flexibility index (Phi) is 6.94. The SMILES string of the molecule is Cn1cc(Br)c(-c2cccc(CCC3CCC(CS(=O)(=O)C(C)(C)C)CC3)c2)n1. The van der Waals surface area contributed by atoms with Crippen LogP contribution in [0.4, 0.5) is 0 Å². The molecule has 1 aliphatic carbocycles. The van der Waals surface area contributed by atoms with Crippen LogP contribution < -0.4 is 0 Å². The first-order valence-corrected chi connectivity index (χ1v) is 13.0. The van der Waals surface area contributed by atoms with Crippen LogP contribution in [0, 0.1) is 11.8 Å². The number of nitrogens with zero attached hydrogens (tertiary/aromatic N) is 2. The van der Waals surface area contributed by atoms with Crippen LogP contribution >= 0.6 is 15.9 Å². The van der Waals surface area contributed by atoms with Crippen molar-refractivity contribution >= 4 is 25.8 Å². The monoisotopic (exact) mass is 480 g/mol. The van der Waals surface area contributed by atoms with Gasteiger partial charge < -0.3 is 0 Å². The predicted molar refractivity (Wildman–Crippen MR) is 124 cm³/mol. The molecule has 3 rings (SSSR count). The fourth-order valence-electron chi connectivity index (χ4n) is 4.15. The average Bonchev–Trinajstić information content (AvgIpc) is 2.98. The van der Waals surface area contributed by atoms with Crippen LogP contribution in [0.2, 0.25) is 0 Å². The normalized spacial score (nSPS) is 20.7. The van der Waals surface area contributed by atoms with Crippen molar-refractivity contribution in [3.63, 3.8) is 0 Å². The van der Waals surface area contributed by atoms with E-state index in [0.717, 1.165) is 47.8 Å². The smallest absolute Gasteiger partial charge is 0.155 e. The Hall–Kier alpha value is -1.14. The quantitative estimate of drug-likeness (QED) is 0.524. The lowest BCUT2D eigenvalue weighted by Gasteiger charge is -2.30. The van der Waals surface area contributed by atoms with Gasteiger partial charge in [0.1, 0.15) is 5.69 Å². The van der Waals surface area contributed by atoms with Gasteiger partial charge in [-0.05, 0) is 85.9 Å². The fourth-order valence-corrected chi connectivity index (χ4v) is 6.21. The molecule has 1 aliphatic rings. The number of benzene rings is 1. The maximum Gasteiger partial charge on any atom is 0.155 e. The first kappa shape index (κ1) is 22.5. The maximum atomic E-state index is 12.5. The summed E-state index contributed by atoms with van der Waals surface area (Å²) in [6, 6.07) is 8.66. The van der Waals surface area contributed by atoms with Crippen LogP contribution in [0.25, 0.3) is 11.3 Å². The fraction of sp³-hybridized carbons (Fsp3) is 0.609. The van der Waals surface area contributed by atoms with Crippen LogP contribution in [0.5, 0.6) is 0 Å². The minimum Gasteiger partial charge on any atom is -0.274 e. The standard InChI is InChI=1S/C23H33BrN2O2S/c1-23(2,3)29(27,28)16-19-12-9-17(10-13-19)8-11-18-6-5-7-20(14-18)22-21(24)15-26(4)25-22/h5-7,14-15,17,19H,8-13,16H2,1-4H3. The van der Waals surface area contributed by atoms with Gasteiger partial charge in [0.05, 0.1) is 15.0 Å². The lowest BCUT2D eigenvalue weighted by atomic mass is 9.80. The zero-order chi connectivity index (χ0) is 21.2. The number of rotatable bonds is 6. The highest BCUT2D eigenvalue weighted by molar-refractivity contribution is 9.10. The van der Waals surface area contributed by atoms with Crippen molar-refractivity contribution in [2.45, 2.75) is 64.0 Å². The summed E-state index contributed by atoms with van der Waals surface area (Å²) in [5, 5.41) is 4.55. The Labute approximate surface area is 184 Å². The van der Waals surface area contributed by atoms with E-state index >= 15 is 0 Å². The van der Waals surface area contributed by atoms with E-state index in [9.17, 15) is 8.42 Å². The highest BCUT2D eigenvalue weighted by Crippen LogP contribution is 2.34. The van der Waals surface area contributed by atoms with Crippen molar-refractivity contribution in [3.05, 3.63) is 40.5 Å². The molecular formula is C23H33BrN2O2S. The van der Waals surface area contributed by atoms with E-state index in [0.29, 0.717) is 17.6 Å². The lowest BCUT2D eigenvalue weighted by molar-refractivity contribution is 0.278. The summed E-state index contributed by atoms with van der Waals surface area (Å²) in [7, 11) is -1.08. The summed E-state index contributed by atoms with van der Waals surface area (Å²) < 4.78 is 27.2. The van der Waals surface area contributed by atoms with E-state index in [-0.39, 0.29) is 0 Å². The van der Waals surface area contributed by atoms with Gasteiger partial charge in [-0.2, -0.15) is 5.10 Å². The summed E-state index contributed by atoms with van der Waals surface area (Å²) in [5.41, 5.74) is 3.47. The number of aromatic nitrogens is 2. The summed E-state index contributed by atoms with van der Waals surface area (Å²) >= 11 is 3.59. The van der Waals surface area contributed by atoms with Gasteiger partial charge in [0.15, 0.2) is 9.84 Å². The molecule has 0 amide bonds. The van der Waals surface area contributed by atoms with E-state index in [2.05, 4.69) is 45.3 Å². The number of aryl methyl sites for hydroxylation is 2.